The Hall–Kier alpha value is -2.18. The molecule has 0 bridgehead atoms. The Morgan fingerprint density at radius 1 is 1.20 bits per heavy atom. The van der Waals surface area contributed by atoms with Crippen LogP contribution in [0.5, 0.6) is 0 Å². The summed E-state index contributed by atoms with van der Waals surface area (Å²) in [5, 5.41) is 9.98. The van der Waals surface area contributed by atoms with Gasteiger partial charge < -0.3 is 5.11 Å². The Morgan fingerprint density at radius 3 is 2.75 bits per heavy atom. The van der Waals surface area contributed by atoms with Crippen molar-refractivity contribution >= 4 is 20.9 Å². The number of fused-ring (bicyclic) bond motifs is 1. The van der Waals surface area contributed by atoms with Gasteiger partial charge in [0, 0.05) is 24.0 Å². The Bertz CT molecular complexity index is 855. The highest BCUT2D eigenvalue weighted by Gasteiger charge is 2.18. The van der Waals surface area contributed by atoms with Gasteiger partial charge in [-0.15, -0.1) is 0 Å². The molecule has 2 aromatic heterocycles. The molecule has 0 amide bonds. The number of hydrogen-bond acceptors (Lipinski definition) is 4. The Kier molecular flexibility index (Phi) is 3.04. The van der Waals surface area contributed by atoms with Crippen LogP contribution >= 0.6 is 0 Å². The van der Waals surface area contributed by atoms with Gasteiger partial charge in [-0.05, 0) is 29.8 Å². The molecule has 0 unspecified atom stereocenters. The molecular formula is C14H12N2O3S. The lowest BCUT2D eigenvalue weighted by atomic mass is 10.2. The van der Waals surface area contributed by atoms with Crippen molar-refractivity contribution in [2.24, 2.45) is 0 Å². The van der Waals surface area contributed by atoms with Crippen LogP contribution in [0.15, 0.2) is 59.9 Å². The molecule has 2 heterocycles. The molecule has 0 aliphatic rings. The molecule has 5 nitrogen and oxygen atoms in total. The number of benzene rings is 1. The summed E-state index contributed by atoms with van der Waals surface area (Å²) in [4.78, 5) is 3.97. The van der Waals surface area contributed by atoms with Crippen molar-refractivity contribution in [1.82, 2.24) is 8.96 Å². The molecule has 0 aliphatic heterocycles. The van der Waals surface area contributed by atoms with Gasteiger partial charge in [-0.2, -0.15) is 0 Å². The molecule has 0 saturated carbocycles. The molecule has 1 N–H and O–H groups in total. The molecule has 0 atom stereocenters. The van der Waals surface area contributed by atoms with E-state index in [0.717, 1.165) is 5.39 Å². The third-order valence-electron chi connectivity index (χ3n) is 3.10. The van der Waals surface area contributed by atoms with E-state index in [2.05, 4.69) is 4.98 Å². The van der Waals surface area contributed by atoms with Gasteiger partial charge in [-0.25, -0.2) is 12.4 Å². The van der Waals surface area contributed by atoms with Crippen molar-refractivity contribution in [3.05, 3.63) is 60.6 Å². The van der Waals surface area contributed by atoms with E-state index in [0.29, 0.717) is 11.1 Å². The van der Waals surface area contributed by atoms with E-state index in [1.807, 2.05) is 0 Å². The summed E-state index contributed by atoms with van der Waals surface area (Å²) in [6, 6.07) is 10.0. The standard InChI is InChI=1S/C14H12N2O3S/c17-10-11-3-4-12-5-7-16(14(12)8-11)20(18,19)13-2-1-6-15-9-13/h1-9,17H,10H2. The van der Waals surface area contributed by atoms with Crippen molar-refractivity contribution in [3.8, 4) is 0 Å². The molecule has 0 aliphatic carbocycles. The maximum Gasteiger partial charge on any atom is 0.269 e. The van der Waals surface area contributed by atoms with Crippen LogP contribution in [0.4, 0.5) is 0 Å². The summed E-state index contributed by atoms with van der Waals surface area (Å²) in [6.45, 7) is -0.131. The van der Waals surface area contributed by atoms with Crippen LogP contribution in [0.1, 0.15) is 5.56 Å². The Morgan fingerprint density at radius 2 is 2.05 bits per heavy atom. The average molecular weight is 288 g/mol. The normalized spacial score (nSPS) is 11.8. The summed E-state index contributed by atoms with van der Waals surface area (Å²) >= 11 is 0. The zero-order valence-electron chi connectivity index (χ0n) is 10.5. The molecule has 6 heteroatoms. The maximum atomic E-state index is 12.6. The fraction of sp³-hybridized carbons (Fsp3) is 0.0714. The van der Waals surface area contributed by atoms with Crippen LogP contribution in [0, 0.1) is 0 Å². The Labute approximate surface area is 116 Å². The van der Waals surface area contributed by atoms with Gasteiger partial charge in [0.25, 0.3) is 10.0 Å². The smallest absolute Gasteiger partial charge is 0.269 e. The summed E-state index contributed by atoms with van der Waals surface area (Å²) in [6.07, 6.45) is 4.35. The monoisotopic (exact) mass is 288 g/mol. The van der Waals surface area contributed by atoms with Crippen LogP contribution < -0.4 is 0 Å². The maximum absolute atomic E-state index is 12.6. The van der Waals surface area contributed by atoms with Crippen molar-refractivity contribution in [2.45, 2.75) is 11.5 Å². The van der Waals surface area contributed by atoms with Gasteiger partial charge in [0.15, 0.2) is 0 Å². The van der Waals surface area contributed by atoms with E-state index < -0.39 is 10.0 Å². The zero-order chi connectivity index (χ0) is 14.2. The van der Waals surface area contributed by atoms with Gasteiger partial charge in [-0.3, -0.25) is 4.98 Å². The topological polar surface area (TPSA) is 72.2 Å². The SMILES string of the molecule is O=S(=O)(c1cccnc1)n1ccc2ccc(CO)cc21. The summed E-state index contributed by atoms with van der Waals surface area (Å²) < 4.78 is 26.3. The highest BCUT2D eigenvalue weighted by atomic mass is 32.2. The molecule has 0 fully saturated rings. The largest absolute Gasteiger partial charge is 0.392 e. The minimum atomic E-state index is -3.67. The summed E-state index contributed by atoms with van der Waals surface area (Å²) in [7, 11) is -3.67. The molecule has 0 spiro atoms. The van der Waals surface area contributed by atoms with Gasteiger partial charge in [0.1, 0.15) is 4.90 Å². The minimum Gasteiger partial charge on any atom is -0.392 e. The van der Waals surface area contributed by atoms with Crippen molar-refractivity contribution in [2.75, 3.05) is 0 Å². The first-order valence-electron chi connectivity index (χ1n) is 5.99. The van der Waals surface area contributed by atoms with Gasteiger partial charge in [-0.1, -0.05) is 12.1 Å². The van der Waals surface area contributed by atoms with Crippen molar-refractivity contribution in [3.63, 3.8) is 0 Å². The van der Waals surface area contributed by atoms with Crippen molar-refractivity contribution in [1.29, 1.82) is 0 Å². The highest BCUT2D eigenvalue weighted by molar-refractivity contribution is 7.90. The second-order valence-corrected chi connectivity index (χ2v) is 6.17. The lowest BCUT2D eigenvalue weighted by Gasteiger charge is -2.07. The lowest BCUT2D eigenvalue weighted by Crippen LogP contribution is -2.12. The minimum absolute atomic E-state index is 0.131. The number of aliphatic hydroxyl groups is 1. The predicted octanol–water partition coefficient (Wildman–Crippen LogP) is 1.77. The fourth-order valence-electron chi connectivity index (χ4n) is 2.07. The predicted molar refractivity (Wildman–Crippen MR) is 74.7 cm³/mol. The number of aromatic nitrogens is 2. The second kappa shape index (κ2) is 4.73. The molecule has 20 heavy (non-hydrogen) atoms. The van der Waals surface area contributed by atoms with E-state index >= 15 is 0 Å². The van der Waals surface area contributed by atoms with E-state index in [1.165, 1.54) is 28.6 Å². The summed E-state index contributed by atoms with van der Waals surface area (Å²) in [5.41, 5.74) is 1.21. The molecule has 0 saturated heterocycles. The second-order valence-electron chi connectivity index (χ2n) is 4.36. The van der Waals surface area contributed by atoms with Crippen LogP contribution in [0.25, 0.3) is 10.9 Å². The number of hydrogen-bond donors (Lipinski definition) is 1. The van der Waals surface area contributed by atoms with Crippen molar-refractivity contribution < 1.29 is 13.5 Å². The molecule has 0 radical (unpaired) electrons. The lowest BCUT2D eigenvalue weighted by molar-refractivity contribution is 0.282. The first-order valence-corrected chi connectivity index (χ1v) is 7.43. The number of aliphatic hydroxyl groups excluding tert-OH is 1. The molecule has 3 rings (SSSR count). The van der Waals surface area contributed by atoms with Gasteiger partial charge >= 0.3 is 0 Å². The third kappa shape index (κ3) is 1.99. The van der Waals surface area contributed by atoms with Gasteiger partial charge in [0.2, 0.25) is 0 Å². The van der Waals surface area contributed by atoms with E-state index in [1.54, 1.807) is 30.3 Å². The van der Waals surface area contributed by atoms with E-state index in [-0.39, 0.29) is 11.5 Å². The molecule has 3 aromatic rings. The first-order chi connectivity index (χ1) is 9.63. The van der Waals surface area contributed by atoms with Crippen LogP contribution in [0.3, 0.4) is 0 Å². The van der Waals surface area contributed by atoms with Gasteiger partial charge in [0.05, 0.1) is 12.1 Å². The van der Waals surface area contributed by atoms with Crippen LogP contribution in [-0.2, 0) is 16.6 Å². The molecule has 102 valence electrons. The zero-order valence-corrected chi connectivity index (χ0v) is 11.3. The van der Waals surface area contributed by atoms with Crippen LogP contribution in [0.2, 0.25) is 0 Å². The average Bonchev–Trinajstić information content (AvgIpc) is 2.91. The molecular weight excluding hydrogens is 276 g/mol. The van der Waals surface area contributed by atoms with E-state index in [4.69, 9.17) is 0 Å². The van der Waals surface area contributed by atoms with Crippen LogP contribution in [-0.4, -0.2) is 22.5 Å². The van der Waals surface area contributed by atoms with E-state index in [9.17, 15) is 13.5 Å². The third-order valence-corrected chi connectivity index (χ3v) is 4.77. The first kappa shape index (κ1) is 12.8. The fourth-order valence-corrected chi connectivity index (χ4v) is 3.38. The number of rotatable bonds is 3. The molecule has 1 aromatic carbocycles. The number of nitrogens with zero attached hydrogens (tertiary/aromatic N) is 2. The highest BCUT2D eigenvalue weighted by Crippen LogP contribution is 2.22. The number of pyridine rings is 1. The Balaban J connectivity index is 2.24. The summed E-state index contributed by atoms with van der Waals surface area (Å²) in [5.74, 6) is 0. The quantitative estimate of drug-likeness (QED) is 0.797.